The van der Waals surface area contributed by atoms with E-state index in [1.54, 1.807) is 0 Å². The second-order valence-corrected chi connectivity index (χ2v) is 3.82. The van der Waals surface area contributed by atoms with E-state index in [4.69, 9.17) is 11.6 Å². The highest BCUT2D eigenvalue weighted by Gasteiger charge is 2.00. The van der Waals surface area contributed by atoms with Crippen LogP contribution in [0.25, 0.3) is 0 Å². The first-order valence-corrected chi connectivity index (χ1v) is 5.04. The molecule has 0 aromatic heterocycles. The Hall–Kier alpha value is -0.690. The highest BCUT2D eigenvalue weighted by molar-refractivity contribution is 6.31. The van der Waals surface area contributed by atoms with E-state index in [0.29, 0.717) is 6.04 Å². The summed E-state index contributed by atoms with van der Waals surface area (Å²) >= 11 is 6.00. The van der Waals surface area contributed by atoms with E-state index >= 15 is 0 Å². The van der Waals surface area contributed by atoms with Gasteiger partial charge in [-0.3, -0.25) is 0 Å². The smallest absolute Gasteiger partial charge is 0.0455 e. The molecule has 0 saturated carbocycles. The molecular formula is C11H16ClN. The number of rotatable bonds is 3. The summed E-state index contributed by atoms with van der Waals surface area (Å²) in [6, 6.07) is 6.57. The van der Waals surface area contributed by atoms with Gasteiger partial charge in [-0.05, 0) is 38.0 Å². The highest BCUT2D eigenvalue weighted by atomic mass is 35.5. The molecule has 72 valence electrons. The summed E-state index contributed by atoms with van der Waals surface area (Å²) in [5, 5.41) is 4.20. The number of nitrogens with one attached hydrogen (secondary N) is 1. The Bertz CT molecular complexity index is 283. The third kappa shape index (κ3) is 2.92. The maximum atomic E-state index is 6.00. The molecule has 0 radical (unpaired) electrons. The minimum atomic E-state index is 0.499. The Labute approximate surface area is 85.1 Å². The zero-order valence-electron chi connectivity index (χ0n) is 8.39. The zero-order chi connectivity index (χ0) is 9.84. The van der Waals surface area contributed by atoms with Crippen LogP contribution in [0.4, 0.5) is 5.69 Å². The molecule has 0 spiro atoms. The van der Waals surface area contributed by atoms with Gasteiger partial charge in [-0.2, -0.15) is 0 Å². The third-order valence-corrected chi connectivity index (χ3v) is 2.60. The molecule has 0 amide bonds. The Kier molecular flexibility index (Phi) is 3.61. The van der Waals surface area contributed by atoms with Crippen LogP contribution in [0, 0.1) is 6.92 Å². The first-order chi connectivity index (χ1) is 6.13. The lowest BCUT2D eigenvalue weighted by molar-refractivity contribution is 0.764. The van der Waals surface area contributed by atoms with E-state index in [1.807, 2.05) is 19.1 Å². The summed E-state index contributed by atoms with van der Waals surface area (Å²) < 4.78 is 0. The fourth-order valence-corrected chi connectivity index (χ4v) is 1.25. The monoisotopic (exact) mass is 197 g/mol. The van der Waals surface area contributed by atoms with Crippen molar-refractivity contribution in [3.05, 3.63) is 28.8 Å². The topological polar surface area (TPSA) is 12.0 Å². The summed E-state index contributed by atoms with van der Waals surface area (Å²) in [6.07, 6.45) is 1.12. The van der Waals surface area contributed by atoms with Crippen molar-refractivity contribution >= 4 is 17.3 Å². The van der Waals surface area contributed by atoms with E-state index in [-0.39, 0.29) is 0 Å². The summed E-state index contributed by atoms with van der Waals surface area (Å²) in [5.74, 6) is 0. The summed E-state index contributed by atoms with van der Waals surface area (Å²) in [6.45, 7) is 6.33. The number of aryl methyl sites for hydroxylation is 1. The van der Waals surface area contributed by atoms with Crippen LogP contribution in [0.15, 0.2) is 18.2 Å². The number of benzene rings is 1. The molecule has 0 aliphatic carbocycles. The molecule has 1 N–H and O–H groups in total. The normalized spacial score (nSPS) is 12.6. The van der Waals surface area contributed by atoms with Crippen molar-refractivity contribution in [1.82, 2.24) is 0 Å². The van der Waals surface area contributed by atoms with Crippen molar-refractivity contribution in [3.8, 4) is 0 Å². The van der Waals surface area contributed by atoms with E-state index in [0.717, 1.165) is 22.7 Å². The average molecular weight is 198 g/mol. The summed E-state index contributed by atoms with van der Waals surface area (Å²) in [4.78, 5) is 0. The summed E-state index contributed by atoms with van der Waals surface area (Å²) in [7, 11) is 0. The molecule has 1 aromatic rings. The average Bonchev–Trinajstić information content (AvgIpc) is 2.11. The molecule has 0 aliphatic rings. The van der Waals surface area contributed by atoms with Gasteiger partial charge >= 0.3 is 0 Å². The van der Waals surface area contributed by atoms with Crippen LogP contribution in [-0.4, -0.2) is 6.04 Å². The maximum Gasteiger partial charge on any atom is 0.0455 e. The fraction of sp³-hybridized carbons (Fsp3) is 0.455. The fourth-order valence-electron chi connectivity index (χ4n) is 1.07. The molecule has 0 bridgehead atoms. The van der Waals surface area contributed by atoms with Crippen molar-refractivity contribution < 1.29 is 0 Å². The predicted molar refractivity (Wildman–Crippen MR) is 59.6 cm³/mol. The van der Waals surface area contributed by atoms with Gasteiger partial charge in [0.25, 0.3) is 0 Å². The van der Waals surface area contributed by atoms with Gasteiger partial charge in [0.05, 0.1) is 0 Å². The molecule has 0 fully saturated rings. The van der Waals surface area contributed by atoms with Gasteiger partial charge in [0, 0.05) is 16.8 Å². The zero-order valence-corrected chi connectivity index (χ0v) is 9.15. The molecule has 1 nitrogen and oxygen atoms in total. The van der Waals surface area contributed by atoms with Crippen LogP contribution in [0.2, 0.25) is 5.02 Å². The van der Waals surface area contributed by atoms with E-state index in [9.17, 15) is 0 Å². The molecule has 13 heavy (non-hydrogen) atoms. The van der Waals surface area contributed by atoms with Gasteiger partial charge in [-0.25, -0.2) is 0 Å². The molecule has 2 heteroatoms. The first kappa shape index (κ1) is 10.4. The maximum absolute atomic E-state index is 6.00. The summed E-state index contributed by atoms with van der Waals surface area (Å²) in [5.41, 5.74) is 2.22. The van der Waals surface area contributed by atoms with Crippen molar-refractivity contribution in [3.63, 3.8) is 0 Å². The first-order valence-electron chi connectivity index (χ1n) is 4.66. The quantitative estimate of drug-likeness (QED) is 0.776. The number of hydrogen-bond donors (Lipinski definition) is 1. The highest BCUT2D eigenvalue weighted by Crippen LogP contribution is 2.20. The Morgan fingerprint density at radius 3 is 2.69 bits per heavy atom. The lowest BCUT2D eigenvalue weighted by atomic mass is 10.2. The second kappa shape index (κ2) is 4.52. The lowest BCUT2D eigenvalue weighted by Gasteiger charge is -2.13. The lowest BCUT2D eigenvalue weighted by Crippen LogP contribution is -2.13. The van der Waals surface area contributed by atoms with Gasteiger partial charge in [0.2, 0.25) is 0 Å². The Morgan fingerprint density at radius 2 is 2.15 bits per heavy atom. The van der Waals surface area contributed by atoms with Crippen LogP contribution in [0.5, 0.6) is 0 Å². The molecule has 1 rings (SSSR count). The van der Waals surface area contributed by atoms with Gasteiger partial charge in [-0.15, -0.1) is 0 Å². The van der Waals surface area contributed by atoms with Gasteiger partial charge in [0.1, 0.15) is 0 Å². The van der Waals surface area contributed by atoms with Crippen LogP contribution >= 0.6 is 11.6 Å². The van der Waals surface area contributed by atoms with Gasteiger partial charge in [-0.1, -0.05) is 24.6 Å². The Balaban J connectivity index is 2.73. The SMILES string of the molecule is CCC(C)Nc1ccc(C)c(Cl)c1. The van der Waals surface area contributed by atoms with E-state index < -0.39 is 0 Å². The largest absolute Gasteiger partial charge is 0.383 e. The number of hydrogen-bond acceptors (Lipinski definition) is 1. The minimum Gasteiger partial charge on any atom is -0.383 e. The minimum absolute atomic E-state index is 0.499. The van der Waals surface area contributed by atoms with Gasteiger partial charge < -0.3 is 5.32 Å². The molecule has 1 unspecified atom stereocenters. The van der Waals surface area contributed by atoms with Crippen molar-refractivity contribution in [2.45, 2.75) is 33.2 Å². The molecule has 0 saturated heterocycles. The van der Waals surface area contributed by atoms with Crippen LogP contribution < -0.4 is 5.32 Å². The predicted octanol–water partition coefficient (Wildman–Crippen LogP) is 3.86. The Morgan fingerprint density at radius 1 is 1.46 bits per heavy atom. The number of halogens is 1. The van der Waals surface area contributed by atoms with Gasteiger partial charge in [0.15, 0.2) is 0 Å². The van der Waals surface area contributed by atoms with Crippen molar-refractivity contribution in [2.75, 3.05) is 5.32 Å². The number of anilines is 1. The van der Waals surface area contributed by atoms with Crippen LogP contribution in [-0.2, 0) is 0 Å². The second-order valence-electron chi connectivity index (χ2n) is 3.42. The molecule has 0 heterocycles. The molecule has 0 aliphatic heterocycles. The standard InChI is InChI=1S/C11H16ClN/c1-4-9(3)13-10-6-5-8(2)11(12)7-10/h5-7,9,13H,4H2,1-3H3. The van der Waals surface area contributed by atoms with Crippen LogP contribution in [0.1, 0.15) is 25.8 Å². The molecular weight excluding hydrogens is 182 g/mol. The molecule has 1 atom stereocenters. The van der Waals surface area contributed by atoms with E-state index in [2.05, 4.69) is 25.2 Å². The van der Waals surface area contributed by atoms with Crippen LogP contribution in [0.3, 0.4) is 0 Å². The van der Waals surface area contributed by atoms with Crippen molar-refractivity contribution in [2.24, 2.45) is 0 Å². The third-order valence-electron chi connectivity index (χ3n) is 2.20. The van der Waals surface area contributed by atoms with E-state index in [1.165, 1.54) is 0 Å². The van der Waals surface area contributed by atoms with Crippen molar-refractivity contribution in [1.29, 1.82) is 0 Å². The molecule has 1 aromatic carbocycles.